The summed E-state index contributed by atoms with van der Waals surface area (Å²) in [5.74, 6) is 0.0428. The van der Waals surface area contributed by atoms with E-state index in [1.54, 1.807) is 6.07 Å². The Morgan fingerprint density at radius 1 is 0.824 bits per heavy atom. The van der Waals surface area contributed by atoms with Crippen molar-refractivity contribution < 1.29 is 9.59 Å². The molecule has 0 saturated heterocycles. The van der Waals surface area contributed by atoms with Gasteiger partial charge in [-0.15, -0.1) is 5.10 Å². The van der Waals surface area contributed by atoms with Gasteiger partial charge < -0.3 is 10.6 Å². The van der Waals surface area contributed by atoms with Crippen molar-refractivity contribution in [3.8, 4) is 11.4 Å². The predicted molar refractivity (Wildman–Crippen MR) is 131 cm³/mol. The zero-order valence-corrected chi connectivity index (χ0v) is 18.9. The van der Waals surface area contributed by atoms with Gasteiger partial charge in [0.2, 0.25) is 11.8 Å². The molecule has 0 fully saturated rings. The maximum absolute atomic E-state index is 12.6. The third kappa shape index (κ3) is 5.92. The van der Waals surface area contributed by atoms with Crippen molar-refractivity contribution in [3.63, 3.8) is 0 Å². The first kappa shape index (κ1) is 22.8. The van der Waals surface area contributed by atoms with Gasteiger partial charge in [-0.1, -0.05) is 61.5 Å². The fourth-order valence-corrected chi connectivity index (χ4v) is 3.57. The number of nitrogens with one attached hydrogen (secondary N) is 2. The first-order valence-corrected chi connectivity index (χ1v) is 11.2. The molecule has 34 heavy (non-hydrogen) atoms. The van der Waals surface area contributed by atoms with Crippen molar-refractivity contribution in [2.75, 3.05) is 10.6 Å². The Morgan fingerprint density at radius 2 is 1.56 bits per heavy atom. The molecule has 8 heteroatoms. The second kappa shape index (κ2) is 11.0. The van der Waals surface area contributed by atoms with Gasteiger partial charge in [0, 0.05) is 17.7 Å². The van der Waals surface area contributed by atoms with Crippen molar-refractivity contribution in [1.29, 1.82) is 0 Å². The molecule has 3 aromatic carbocycles. The Balaban J connectivity index is 1.43. The number of para-hydroxylation sites is 1. The minimum atomic E-state index is -0.248. The second-order valence-corrected chi connectivity index (χ2v) is 7.84. The average Bonchev–Trinajstić information content (AvgIpc) is 3.32. The molecule has 0 spiro atoms. The largest absolute Gasteiger partial charge is 0.325 e. The van der Waals surface area contributed by atoms with Crippen LogP contribution in [-0.2, 0) is 29.0 Å². The van der Waals surface area contributed by atoms with E-state index in [1.165, 1.54) is 10.2 Å². The number of tetrazole rings is 1. The Bertz CT molecular complexity index is 1250. The van der Waals surface area contributed by atoms with Gasteiger partial charge in [0.1, 0.15) is 6.54 Å². The summed E-state index contributed by atoms with van der Waals surface area (Å²) in [6, 6.07) is 24.8. The van der Waals surface area contributed by atoms with E-state index in [4.69, 9.17) is 0 Å². The summed E-state index contributed by atoms with van der Waals surface area (Å²) in [6.45, 7) is 2.02. The monoisotopic (exact) mass is 454 g/mol. The number of carbonyl (C=O) groups excluding carboxylic acids is 2. The third-order valence-electron chi connectivity index (χ3n) is 5.40. The van der Waals surface area contributed by atoms with Gasteiger partial charge >= 0.3 is 0 Å². The van der Waals surface area contributed by atoms with Crippen molar-refractivity contribution in [3.05, 3.63) is 90.0 Å². The number of aryl methyl sites for hydroxylation is 2. The highest BCUT2D eigenvalue weighted by atomic mass is 16.2. The van der Waals surface area contributed by atoms with E-state index < -0.39 is 0 Å². The molecule has 1 aromatic heterocycles. The molecule has 0 radical (unpaired) electrons. The van der Waals surface area contributed by atoms with Crippen LogP contribution in [0.3, 0.4) is 0 Å². The number of nitrogens with zero attached hydrogens (tertiary/aromatic N) is 4. The first-order valence-electron chi connectivity index (χ1n) is 11.2. The summed E-state index contributed by atoms with van der Waals surface area (Å²) in [7, 11) is 0. The Hall–Kier alpha value is -4.33. The van der Waals surface area contributed by atoms with Gasteiger partial charge in [-0.2, -0.15) is 0 Å². The van der Waals surface area contributed by atoms with E-state index in [0.29, 0.717) is 35.6 Å². The number of hydrogen-bond acceptors (Lipinski definition) is 5. The van der Waals surface area contributed by atoms with E-state index in [9.17, 15) is 9.59 Å². The topological polar surface area (TPSA) is 102 Å². The van der Waals surface area contributed by atoms with E-state index in [1.807, 2.05) is 72.8 Å². The lowest BCUT2D eigenvalue weighted by atomic mass is 10.1. The summed E-state index contributed by atoms with van der Waals surface area (Å²) in [4.78, 5) is 25.2. The van der Waals surface area contributed by atoms with E-state index in [-0.39, 0.29) is 18.4 Å². The summed E-state index contributed by atoms with van der Waals surface area (Å²) in [5.41, 5.74) is 4.24. The number of aromatic nitrogens is 4. The van der Waals surface area contributed by atoms with Crippen molar-refractivity contribution in [2.24, 2.45) is 0 Å². The number of carbonyl (C=O) groups is 2. The van der Waals surface area contributed by atoms with E-state index >= 15 is 0 Å². The van der Waals surface area contributed by atoms with Crippen LogP contribution in [0, 0.1) is 0 Å². The number of anilines is 2. The molecule has 4 aromatic rings. The van der Waals surface area contributed by atoms with Gasteiger partial charge in [-0.3, -0.25) is 9.59 Å². The molecule has 1 heterocycles. The number of hydrogen-bond donors (Lipinski definition) is 2. The van der Waals surface area contributed by atoms with Crippen LogP contribution in [0.2, 0.25) is 0 Å². The third-order valence-corrected chi connectivity index (χ3v) is 5.40. The van der Waals surface area contributed by atoms with Gasteiger partial charge in [0.15, 0.2) is 5.82 Å². The molecule has 0 unspecified atom stereocenters. The quantitative estimate of drug-likeness (QED) is 0.396. The molecule has 0 atom stereocenters. The van der Waals surface area contributed by atoms with E-state index in [0.717, 1.165) is 12.0 Å². The number of rotatable bonds is 9. The SMILES string of the molecule is CCc1ccc(NC(=O)Cn2nnnc2-c2ccccc2NC(=O)CCc2ccccc2)cc1. The normalized spacial score (nSPS) is 10.6. The zero-order valence-electron chi connectivity index (χ0n) is 18.9. The second-order valence-electron chi connectivity index (χ2n) is 7.84. The highest BCUT2D eigenvalue weighted by Gasteiger charge is 2.17. The van der Waals surface area contributed by atoms with Crippen LogP contribution < -0.4 is 10.6 Å². The maximum Gasteiger partial charge on any atom is 0.246 e. The molecule has 0 aliphatic rings. The first-order chi connectivity index (χ1) is 16.6. The minimum absolute atomic E-state index is 0.0614. The van der Waals surface area contributed by atoms with Gasteiger partial charge in [-0.05, 0) is 58.7 Å². The molecular weight excluding hydrogens is 428 g/mol. The van der Waals surface area contributed by atoms with Crippen LogP contribution in [0.1, 0.15) is 24.5 Å². The van der Waals surface area contributed by atoms with Crippen molar-refractivity contribution in [1.82, 2.24) is 20.2 Å². The fraction of sp³-hybridized carbons (Fsp3) is 0.192. The average molecular weight is 455 g/mol. The summed E-state index contributed by atoms with van der Waals surface area (Å²) < 4.78 is 1.42. The molecule has 0 aliphatic carbocycles. The van der Waals surface area contributed by atoms with Crippen LogP contribution in [0.4, 0.5) is 11.4 Å². The number of amides is 2. The zero-order chi connectivity index (χ0) is 23.8. The van der Waals surface area contributed by atoms with Crippen LogP contribution in [0.15, 0.2) is 78.9 Å². The van der Waals surface area contributed by atoms with Crippen LogP contribution in [0.25, 0.3) is 11.4 Å². The molecule has 172 valence electrons. The van der Waals surface area contributed by atoms with Crippen LogP contribution in [0.5, 0.6) is 0 Å². The maximum atomic E-state index is 12.6. The molecule has 0 aliphatic heterocycles. The molecule has 2 N–H and O–H groups in total. The summed E-state index contributed by atoms with van der Waals surface area (Å²) in [6.07, 6.45) is 1.93. The fourth-order valence-electron chi connectivity index (χ4n) is 3.57. The lowest BCUT2D eigenvalue weighted by Crippen LogP contribution is -2.20. The summed E-state index contributed by atoms with van der Waals surface area (Å²) >= 11 is 0. The highest BCUT2D eigenvalue weighted by molar-refractivity contribution is 5.95. The smallest absolute Gasteiger partial charge is 0.246 e. The number of benzene rings is 3. The molecule has 2 amide bonds. The lowest BCUT2D eigenvalue weighted by molar-refractivity contribution is -0.117. The van der Waals surface area contributed by atoms with Crippen molar-refractivity contribution in [2.45, 2.75) is 32.7 Å². The molecule has 0 saturated carbocycles. The molecule has 8 nitrogen and oxygen atoms in total. The lowest BCUT2D eigenvalue weighted by Gasteiger charge is -2.11. The van der Waals surface area contributed by atoms with Gasteiger partial charge in [0.25, 0.3) is 0 Å². The van der Waals surface area contributed by atoms with Crippen molar-refractivity contribution >= 4 is 23.2 Å². The summed E-state index contributed by atoms with van der Waals surface area (Å²) in [5, 5.41) is 17.6. The molecule has 4 rings (SSSR count). The van der Waals surface area contributed by atoms with Gasteiger partial charge in [0.05, 0.1) is 5.69 Å². The standard InChI is InChI=1S/C26H26N6O2/c1-2-19-12-15-21(16-13-19)27-25(34)18-32-26(29-30-31-32)22-10-6-7-11-23(22)28-24(33)17-14-20-8-4-3-5-9-20/h3-13,15-16H,2,14,17-18H2,1H3,(H,27,34)(H,28,33). The van der Waals surface area contributed by atoms with Crippen LogP contribution in [-0.4, -0.2) is 32.0 Å². The van der Waals surface area contributed by atoms with Gasteiger partial charge in [-0.25, -0.2) is 4.68 Å². The molecule has 0 bridgehead atoms. The highest BCUT2D eigenvalue weighted by Crippen LogP contribution is 2.26. The van der Waals surface area contributed by atoms with E-state index in [2.05, 4.69) is 33.1 Å². The molecular formula is C26H26N6O2. The minimum Gasteiger partial charge on any atom is -0.325 e. The Kier molecular flexibility index (Phi) is 7.39. The predicted octanol–water partition coefficient (Wildman–Crippen LogP) is 4.11. The Morgan fingerprint density at radius 3 is 2.32 bits per heavy atom. The van der Waals surface area contributed by atoms with Crippen LogP contribution >= 0.6 is 0 Å². The Labute approximate surface area is 198 Å².